The van der Waals surface area contributed by atoms with Crippen LogP contribution in [0, 0.1) is 5.92 Å². The van der Waals surface area contributed by atoms with Crippen LogP contribution < -0.4 is 5.73 Å². The minimum absolute atomic E-state index is 0.109. The number of ether oxygens (including phenoxy) is 1. The Bertz CT molecular complexity index is 284. The minimum Gasteiger partial charge on any atom is -0.395 e. The quantitative estimate of drug-likeness (QED) is 0.341. The summed E-state index contributed by atoms with van der Waals surface area (Å²) in [6.07, 6.45) is -0.537. The van der Waals surface area contributed by atoms with Gasteiger partial charge in [0.1, 0.15) is 6.61 Å². The van der Waals surface area contributed by atoms with Crippen molar-refractivity contribution < 1.29 is 22.7 Å². The van der Waals surface area contributed by atoms with Gasteiger partial charge in [0.25, 0.3) is 0 Å². The number of nitrogens with zero attached hydrogens (tertiary/aromatic N) is 1. The summed E-state index contributed by atoms with van der Waals surface area (Å²) in [7, 11) is 1.64. The molecule has 2 N–H and O–H groups in total. The van der Waals surface area contributed by atoms with Crippen LogP contribution in [0.15, 0.2) is 5.16 Å². The van der Waals surface area contributed by atoms with Gasteiger partial charge >= 0.3 is 6.18 Å². The maximum atomic E-state index is 12.4. The summed E-state index contributed by atoms with van der Waals surface area (Å²) in [6.45, 7) is 2.56. The Balaban J connectivity index is 4.11. The highest BCUT2D eigenvalue weighted by molar-refractivity contribution is 5.83. The first kappa shape index (κ1) is 20.2. The van der Waals surface area contributed by atoms with E-state index in [1.807, 2.05) is 0 Å². The number of alkyl halides is 3. The molecule has 4 nitrogen and oxygen atoms in total. The van der Waals surface area contributed by atoms with Crippen molar-refractivity contribution in [3.05, 3.63) is 0 Å². The summed E-state index contributed by atoms with van der Waals surface area (Å²) >= 11 is 0. The van der Waals surface area contributed by atoms with Gasteiger partial charge in [-0.1, -0.05) is 12.1 Å². The molecule has 0 aromatic rings. The molecule has 0 rings (SSSR count). The van der Waals surface area contributed by atoms with Crippen molar-refractivity contribution >= 4 is 5.71 Å². The van der Waals surface area contributed by atoms with E-state index < -0.39 is 12.1 Å². The van der Waals surface area contributed by atoms with E-state index >= 15 is 0 Å². The average Bonchev–Trinajstić information content (AvgIpc) is 2.42. The van der Waals surface area contributed by atoms with E-state index in [0.29, 0.717) is 39.0 Å². The highest BCUT2D eigenvalue weighted by atomic mass is 19.4. The second-order valence-corrected chi connectivity index (χ2v) is 5.06. The molecule has 0 aliphatic rings. The maximum Gasteiger partial charge on any atom is 0.391 e. The monoisotopic (exact) mass is 312 g/mol. The fourth-order valence-electron chi connectivity index (χ4n) is 1.76. The van der Waals surface area contributed by atoms with Crippen LogP contribution in [0.2, 0.25) is 0 Å². The number of methoxy groups -OCH3 is 1. The van der Waals surface area contributed by atoms with Crippen molar-refractivity contribution in [2.45, 2.75) is 51.6 Å². The van der Waals surface area contributed by atoms with Gasteiger partial charge in [0.2, 0.25) is 0 Å². The number of rotatable bonds is 12. The molecule has 0 spiro atoms. The lowest BCUT2D eigenvalue weighted by molar-refractivity contribution is -0.171. The van der Waals surface area contributed by atoms with Crippen LogP contribution in [0.4, 0.5) is 13.2 Å². The molecule has 0 radical (unpaired) electrons. The summed E-state index contributed by atoms with van der Waals surface area (Å²) < 4.78 is 42.2. The van der Waals surface area contributed by atoms with Crippen LogP contribution in [-0.4, -0.2) is 38.8 Å². The molecule has 7 heteroatoms. The fourth-order valence-corrected chi connectivity index (χ4v) is 1.76. The van der Waals surface area contributed by atoms with E-state index in [4.69, 9.17) is 15.3 Å². The molecule has 21 heavy (non-hydrogen) atoms. The van der Waals surface area contributed by atoms with Crippen LogP contribution in [0.3, 0.4) is 0 Å². The van der Waals surface area contributed by atoms with Crippen molar-refractivity contribution in [1.82, 2.24) is 0 Å². The topological polar surface area (TPSA) is 56.8 Å². The highest BCUT2D eigenvalue weighted by Crippen LogP contribution is 2.29. The first-order valence-electron chi connectivity index (χ1n) is 7.35. The lowest BCUT2D eigenvalue weighted by Crippen LogP contribution is -2.19. The highest BCUT2D eigenvalue weighted by Gasteiger charge is 2.35. The first-order valence-corrected chi connectivity index (χ1v) is 7.35. The normalized spacial score (nSPS) is 14.3. The smallest absolute Gasteiger partial charge is 0.391 e. The number of oxime groups is 1. The number of hydrogen-bond donors (Lipinski definition) is 1. The molecular formula is C14H27F3N2O2. The van der Waals surface area contributed by atoms with E-state index in [0.717, 1.165) is 18.6 Å². The van der Waals surface area contributed by atoms with Crippen LogP contribution >= 0.6 is 0 Å². The largest absolute Gasteiger partial charge is 0.395 e. The molecule has 0 saturated carbocycles. The molecule has 0 aliphatic carbocycles. The SMILES string of the molecule is COCCCCC(CCCC(C)C(F)(F)F)=NOCCN. The molecule has 126 valence electrons. The Kier molecular flexibility index (Phi) is 11.3. The maximum absolute atomic E-state index is 12.4. The van der Waals surface area contributed by atoms with Crippen LogP contribution in [0.1, 0.15) is 45.4 Å². The van der Waals surface area contributed by atoms with E-state index in [2.05, 4.69) is 5.16 Å². The van der Waals surface area contributed by atoms with Gasteiger partial charge in [0, 0.05) is 20.3 Å². The third-order valence-corrected chi connectivity index (χ3v) is 3.13. The summed E-state index contributed by atoms with van der Waals surface area (Å²) in [6, 6.07) is 0. The van der Waals surface area contributed by atoms with Crippen LogP contribution in [-0.2, 0) is 9.57 Å². The average molecular weight is 312 g/mol. The lowest BCUT2D eigenvalue weighted by atomic mass is 10.0. The van der Waals surface area contributed by atoms with Gasteiger partial charge in [-0.25, -0.2) is 0 Å². The number of nitrogens with two attached hydrogens (primary N) is 1. The molecule has 0 aromatic heterocycles. The van der Waals surface area contributed by atoms with Gasteiger partial charge in [0.15, 0.2) is 0 Å². The molecule has 1 atom stereocenters. The fraction of sp³-hybridized carbons (Fsp3) is 0.929. The summed E-state index contributed by atoms with van der Waals surface area (Å²) in [4.78, 5) is 5.04. The Morgan fingerprint density at radius 3 is 2.38 bits per heavy atom. The van der Waals surface area contributed by atoms with E-state index in [1.165, 1.54) is 6.92 Å². The van der Waals surface area contributed by atoms with Gasteiger partial charge in [-0.2, -0.15) is 13.2 Å². The zero-order chi connectivity index (χ0) is 16.1. The van der Waals surface area contributed by atoms with Crippen molar-refractivity contribution in [2.24, 2.45) is 16.8 Å². The molecule has 1 unspecified atom stereocenters. The third-order valence-electron chi connectivity index (χ3n) is 3.13. The van der Waals surface area contributed by atoms with Crippen molar-refractivity contribution in [2.75, 3.05) is 26.9 Å². The van der Waals surface area contributed by atoms with Crippen LogP contribution in [0.5, 0.6) is 0 Å². The molecule has 0 aromatic carbocycles. The van der Waals surface area contributed by atoms with Gasteiger partial charge in [-0.05, 0) is 38.5 Å². The molecule has 0 saturated heterocycles. The van der Waals surface area contributed by atoms with Crippen molar-refractivity contribution in [3.63, 3.8) is 0 Å². The zero-order valence-corrected chi connectivity index (χ0v) is 12.9. The Morgan fingerprint density at radius 2 is 1.81 bits per heavy atom. The molecule has 0 heterocycles. The lowest BCUT2D eigenvalue weighted by Gasteiger charge is -2.15. The minimum atomic E-state index is -4.12. The van der Waals surface area contributed by atoms with Gasteiger partial charge in [0.05, 0.1) is 11.6 Å². The van der Waals surface area contributed by atoms with Crippen molar-refractivity contribution in [3.8, 4) is 0 Å². The summed E-state index contributed by atoms with van der Waals surface area (Å²) in [5.74, 6) is -1.28. The Labute approximate surface area is 124 Å². The second kappa shape index (κ2) is 11.8. The van der Waals surface area contributed by atoms with Gasteiger partial charge in [-0.15, -0.1) is 0 Å². The van der Waals surface area contributed by atoms with Gasteiger partial charge in [-0.3, -0.25) is 0 Å². The standard InChI is InChI=1S/C14H27F3N2O2/c1-12(14(15,16)17)6-5-8-13(19-21-11-9-18)7-3-4-10-20-2/h12H,3-11,18H2,1-2H3. The zero-order valence-electron chi connectivity index (χ0n) is 12.9. The van der Waals surface area contributed by atoms with E-state index in [9.17, 15) is 13.2 Å². The number of unbranched alkanes of at least 4 members (excludes halogenated alkanes) is 1. The molecule has 0 aliphatic heterocycles. The molecule has 0 fully saturated rings. The van der Waals surface area contributed by atoms with E-state index in [-0.39, 0.29) is 6.42 Å². The summed E-state index contributed by atoms with van der Waals surface area (Å²) in [5, 5.41) is 3.98. The van der Waals surface area contributed by atoms with Crippen LogP contribution in [0.25, 0.3) is 0 Å². The summed E-state index contributed by atoms with van der Waals surface area (Å²) in [5.41, 5.74) is 6.11. The molecule has 0 amide bonds. The predicted octanol–water partition coefficient (Wildman–Crippen LogP) is 3.50. The van der Waals surface area contributed by atoms with Crippen molar-refractivity contribution in [1.29, 1.82) is 0 Å². The molecule has 0 bridgehead atoms. The third kappa shape index (κ3) is 11.5. The Hall–Kier alpha value is -0.820. The van der Waals surface area contributed by atoms with Gasteiger partial charge < -0.3 is 15.3 Å². The number of hydrogen-bond acceptors (Lipinski definition) is 4. The predicted molar refractivity (Wildman–Crippen MR) is 77.2 cm³/mol. The van der Waals surface area contributed by atoms with E-state index in [1.54, 1.807) is 7.11 Å². The first-order chi connectivity index (χ1) is 9.91. The Morgan fingerprint density at radius 1 is 1.14 bits per heavy atom. The second-order valence-electron chi connectivity index (χ2n) is 5.06. The molecular weight excluding hydrogens is 285 g/mol. The number of halogens is 3.